The van der Waals surface area contributed by atoms with Crippen LogP contribution in [0.3, 0.4) is 0 Å². The second-order valence-electron chi connectivity index (χ2n) is 11.3. The lowest BCUT2D eigenvalue weighted by atomic mass is 9.95. The van der Waals surface area contributed by atoms with Gasteiger partial charge in [-0.2, -0.15) is 13.2 Å². The zero-order valence-corrected chi connectivity index (χ0v) is 23.9. The molecule has 0 bridgehead atoms. The van der Waals surface area contributed by atoms with Gasteiger partial charge in [-0.25, -0.2) is 9.97 Å². The lowest BCUT2D eigenvalue weighted by Gasteiger charge is -2.35. The molecule has 3 aliphatic heterocycles. The molecular weight excluding hydrogens is 551 g/mol. The van der Waals surface area contributed by atoms with Gasteiger partial charge in [-0.15, -0.1) is 0 Å². The second-order valence-corrected chi connectivity index (χ2v) is 11.3. The summed E-state index contributed by atoms with van der Waals surface area (Å²) in [6.07, 6.45) is 1.98. The molecule has 1 aromatic heterocycles. The highest BCUT2D eigenvalue weighted by molar-refractivity contribution is 5.93. The van der Waals surface area contributed by atoms with Crippen LogP contribution in [0.25, 0.3) is 0 Å². The van der Waals surface area contributed by atoms with E-state index in [2.05, 4.69) is 20.6 Å². The largest absolute Gasteiger partial charge is 0.416 e. The van der Waals surface area contributed by atoms with E-state index in [1.54, 1.807) is 13.2 Å². The quantitative estimate of drug-likeness (QED) is 0.441. The van der Waals surface area contributed by atoms with E-state index in [1.807, 2.05) is 4.90 Å². The Labute approximate surface area is 244 Å². The number of anilines is 1. The number of rotatable bonds is 9. The summed E-state index contributed by atoms with van der Waals surface area (Å²) < 4.78 is 56.0. The second kappa shape index (κ2) is 14.1. The number of hydrogen-bond acceptors (Lipinski definition) is 8. The normalized spacial score (nSPS) is 25.8. The van der Waals surface area contributed by atoms with Crippen LogP contribution in [0, 0.1) is 5.92 Å². The lowest BCUT2D eigenvalue weighted by Crippen LogP contribution is -2.48. The van der Waals surface area contributed by atoms with Crippen molar-refractivity contribution in [1.29, 1.82) is 0 Å². The van der Waals surface area contributed by atoms with Crippen molar-refractivity contribution in [1.82, 2.24) is 20.2 Å². The molecule has 3 fully saturated rings. The Hall–Kier alpha value is -2.80. The number of nitrogens with zero attached hydrogens (tertiary/aromatic N) is 3. The molecule has 5 rings (SSSR count). The molecule has 1 unspecified atom stereocenters. The van der Waals surface area contributed by atoms with E-state index in [0.717, 1.165) is 69.4 Å². The van der Waals surface area contributed by atoms with Crippen molar-refractivity contribution in [3.8, 4) is 0 Å². The van der Waals surface area contributed by atoms with Gasteiger partial charge in [-0.1, -0.05) is 12.1 Å². The monoisotopic (exact) mass is 591 g/mol. The van der Waals surface area contributed by atoms with Gasteiger partial charge in [0.1, 0.15) is 17.8 Å². The molecule has 0 aliphatic carbocycles. The third-order valence-corrected chi connectivity index (χ3v) is 8.55. The zero-order chi connectivity index (χ0) is 29.5. The molecule has 4 atom stereocenters. The Balaban J connectivity index is 1.07. The van der Waals surface area contributed by atoms with Gasteiger partial charge in [0.25, 0.3) is 5.91 Å². The highest BCUT2D eigenvalue weighted by Crippen LogP contribution is 2.34. The summed E-state index contributed by atoms with van der Waals surface area (Å²) in [6.45, 7) is 4.08. The number of hydrogen-bond donors (Lipinski definition) is 2. The highest BCUT2D eigenvalue weighted by atomic mass is 19.4. The molecule has 42 heavy (non-hydrogen) atoms. The number of ether oxygens (including phenoxy) is 3. The number of nitrogens with one attached hydrogen (secondary N) is 2. The molecule has 1 aromatic carbocycles. The van der Waals surface area contributed by atoms with Crippen molar-refractivity contribution in [3.05, 3.63) is 53.5 Å². The van der Waals surface area contributed by atoms with E-state index < -0.39 is 11.7 Å². The van der Waals surface area contributed by atoms with Gasteiger partial charge < -0.3 is 29.7 Å². The van der Waals surface area contributed by atoms with Gasteiger partial charge in [0, 0.05) is 57.9 Å². The van der Waals surface area contributed by atoms with E-state index in [-0.39, 0.29) is 24.2 Å². The third kappa shape index (κ3) is 7.97. The van der Waals surface area contributed by atoms with E-state index in [1.165, 1.54) is 18.5 Å². The minimum absolute atomic E-state index is 0.112. The lowest BCUT2D eigenvalue weighted by molar-refractivity contribution is -0.137. The molecule has 2 N–H and O–H groups in total. The molecule has 0 radical (unpaired) electrons. The number of carbonyl (C=O) groups is 1. The summed E-state index contributed by atoms with van der Waals surface area (Å²) in [5, 5.41) is 6.92. The summed E-state index contributed by atoms with van der Waals surface area (Å²) in [6, 6.07) is 7.21. The molecular formula is C30H40F3N5O4. The molecule has 12 heteroatoms. The number of amides is 1. The van der Waals surface area contributed by atoms with Gasteiger partial charge in [0.05, 0.1) is 30.5 Å². The van der Waals surface area contributed by atoms with Crippen molar-refractivity contribution in [2.24, 2.45) is 5.92 Å². The van der Waals surface area contributed by atoms with Crippen molar-refractivity contribution in [3.63, 3.8) is 0 Å². The molecule has 4 heterocycles. The van der Waals surface area contributed by atoms with Crippen molar-refractivity contribution >= 4 is 11.7 Å². The Bertz CT molecular complexity index is 1160. The highest BCUT2D eigenvalue weighted by Gasteiger charge is 2.31. The van der Waals surface area contributed by atoms with Crippen LogP contribution in [0.15, 0.2) is 36.7 Å². The summed E-state index contributed by atoms with van der Waals surface area (Å²) in [7, 11) is 1.73. The van der Waals surface area contributed by atoms with Crippen molar-refractivity contribution in [2.75, 3.05) is 51.8 Å². The topological polar surface area (TPSA) is 97.8 Å². The van der Waals surface area contributed by atoms with Gasteiger partial charge in [0.15, 0.2) is 0 Å². The molecule has 3 saturated heterocycles. The van der Waals surface area contributed by atoms with E-state index in [0.29, 0.717) is 49.7 Å². The standard InChI is InChI=1S/C30H40F3N5O4/c1-40-27-18-41-14-11-21(27)16-34-23-9-12-38(13-10-23)29(39)25-15-28(37-19-36-25)35-17-24-3-2-4-26(42-24)20-5-7-22(8-6-20)30(31,32)33/h5-8,15,19,21,23-24,26-27,34H,2-4,9-14,16-18H2,1H3,(H,35,36,37)/t21?,24-,26+,27-/m1/s1. The fourth-order valence-electron chi connectivity index (χ4n) is 5.99. The minimum Gasteiger partial charge on any atom is -0.379 e. The smallest absolute Gasteiger partial charge is 0.379 e. The Morgan fingerprint density at radius 2 is 1.86 bits per heavy atom. The third-order valence-electron chi connectivity index (χ3n) is 8.55. The Morgan fingerprint density at radius 3 is 2.60 bits per heavy atom. The van der Waals surface area contributed by atoms with Crippen molar-refractivity contribution in [2.45, 2.75) is 69.1 Å². The van der Waals surface area contributed by atoms with Gasteiger partial charge in [-0.3, -0.25) is 4.79 Å². The van der Waals surface area contributed by atoms with Crippen LogP contribution in [0.1, 0.15) is 66.2 Å². The SMILES string of the molecule is CO[C@@H]1COCCC1CNC1CCN(C(=O)c2cc(NC[C@H]3CCC[C@@H](c4ccc(C(F)(F)F)cc4)O3)ncn2)CC1. The van der Waals surface area contributed by atoms with Crippen LogP contribution in [-0.2, 0) is 20.4 Å². The summed E-state index contributed by atoms with van der Waals surface area (Å²) in [5.41, 5.74) is 0.419. The van der Waals surface area contributed by atoms with Gasteiger partial charge in [0.2, 0.25) is 0 Å². The molecule has 9 nitrogen and oxygen atoms in total. The van der Waals surface area contributed by atoms with Gasteiger partial charge in [-0.05, 0) is 56.2 Å². The number of aromatic nitrogens is 2. The predicted octanol–water partition coefficient (Wildman–Crippen LogP) is 4.46. The number of likely N-dealkylation sites (tertiary alicyclic amines) is 1. The molecule has 2 aromatic rings. The fourth-order valence-corrected chi connectivity index (χ4v) is 5.99. The Kier molecular flexibility index (Phi) is 10.3. The maximum Gasteiger partial charge on any atom is 0.416 e. The molecule has 0 saturated carbocycles. The maximum atomic E-state index is 13.2. The predicted molar refractivity (Wildman–Crippen MR) is 150 cm³/mol. The maximum absolute atomic E-state index is 13.2. The van der Waals surface area contributed by atoms with E-state index in [4.69, 9.17) is 14.2 Å². The average molecular weight is 592 g/mol. The molecule has 1 amide bonds. The number of halogens is 3. The zero-order valence-electron chi connectivity index (χ0n) is 23.9. The number of benzene rings is 1. The average Bonchev–Trinajstić information content (AvgIpc) is 3.03. The number of methoxy groups -OCH3 is 1. The van der Waals surface area contributed by atoms with E-state index in [9.17, 15) is 18.0 Å². The molecule has 0 spiro atoms. The number of alkyl halides is 3. The number of piperidine rings is 1. The van der Waals surface area contributed by atoms with Crippen LogP contribution in [0.5, 0.6) is 0 Å². The van der Waals surface area contributed by atoms with Crippen LogP contribution in [-0.4, -0.2) is 85.5 Å². The van der Waals surface area contributed by atoms with E-state index >= 15 is 0 Å². The van der Waals surface area contributed by atoms with Crippen molar-refractivity contribution < 1.29 is 32.2 Å². The number of carbonyl (C=O) groups excluding carboxylic acids is 1. The first-order valence-electron chi connectivity index (χ1n) is 14.8. The Morgan fingerprint density at radius 1 is 1.07 bits per heavy atom. The fraction of sp³-hybridized carbons (Fsp3) is 0.633. The van der Waals surface area contributed by atoms with Crippen LogP contribution in [0.2, 0.25) is 0 Å². The first-order valence-corrected chi connectivity index (χ1v) is 14.8. The van der Waals surface area contributed by atoms with Crippen LogP contribution < -0.4 is 10.6 Å². The summed E-state index contributed by atoms with van der Waals surface area (Å²) in [4.78, 5) is 23.5. The van der Waals surface area contributed by atoms with Crippen LogP contribution >= 0.6 is 0 Å². The minimum atomic E-state index is -4.36. The summed E-state index contributed by atoms with van der Waals surface area (Å²) >= 11 is 0. The first-order chi connectivity index (χ1) is 20.3. The van der Waals surface area contributed by atoms with Crippen LogP contribution in [0.4, 0.5) is 19.0 Å². The molecule has 230 valence electrons. The first kappa shape index (κ1) is 30.7. The molecule has 3 aliphatic rings. The van der Waals surface area contributed by atoms with Gasteiger partial charge >= 0.3 is 6.18 Å². The summed E-state index contributed by atoms with van der Waals surface area (Å²) in [5.74, 6) is 0.860.